The lowest BCUT2D eigenvalue weighted by Gasteiger charge is -2.18. The Hall–Kier alpha value is -3.68. The van der Waals surface area contributed by atoms with Gasteiger partial charge in [-0.25, -0.2) is 4.79 Å². The molecule has 3 amide bonds. The van der Waals surface area contributed by atoms with Crippen molar-refractivity contribution in [2.45, 2.75) is 13.3 Å². The summed E-state index contributed by atoms with van der Waals surface area (Å²) in [7, 11) is 1.28. The predicted octanol–water partition coefficient (Wildman–Crippen LogP) is 2.42. The fraction of sp³-hybridized carbons (Fsp3) is 0.238. The Kier molecular flexibility index (Phi) is 5.92. The molecule has 1 saturated heterocycles. The van der Waals surface area contributed by atoms with Crippen molar-refractivity contribution in [3.63, 3.8) is 0 Å². The second-order valence-electron chi connectivity index (χ2n) is 6.70. The number of benzene rings is 2. The molecule has 3 rings (SSSR count). The van der Waals surface area contributed by atoms with E-state index < -0.39 is 11.9 Å². The molecule has 1 fully saturated rings. The average molecular weight is 395 g/mol. The molecule has 0 spiro atoms. The number of amides is 3. The number of carbonyl (C=O) groups is 4. The Morgan fingerprint density at radius 1 is 1.03 bits per heavy atom. The average Bonchev–Trinajstić information content (AvgIpc) is 3.09. The van der Waals surface area contributed by atoms with Crippen molar-refractivity contribution < 1.29 is 23.9 Å². The van der Waals surface area contributed by atoms with Crippen molar-refractivity contribution in [3.8, 4) is 0 Å². The van der Waals surface area contributed by atoms with Gasteiger partial charge in [0.25, 0.3) is 0 Å². The van der Waals surface area contributed by atoms with Gasteiger partial charge >= 0.3 is 5.97 Å². The summed E-state index contributed by atoms with van der Waals surface area (Å²) in [4.78, 5) is 49.5. The molecule has 29 heavy (non-hydrogen) atoms. The highest BCUT2D eigenvalue weighted by atomic mass is 16.5. The van der Waals surface area contributed by atoms with Gasteiger partial charge in [-0.1, -0.05) is 12.1 Å². The summed E-state index contributed by atoms with van der Waals surface area (Å²) in [6.07, 6.45) is 0.0763. The lowest BCUT2D eigenvalue weighted by molar-refractivity contribution is -0.122. The van der Waals surface area contributed by atoms with Gasteiger partial charge in [0.15, 0.2) is 0 Å². The van der Waals surface area contributed by atoms with Gasteiger partial charge in [0.05, 0.1) is 18.6 Å². The van der Waals surface area contributed by atoms with Crippen molar-refractivity contribution in [3.05, 3.63) is 54.1 Å². The van der Waals surface area contributed by atoms with Crippen LogP contribution in [0, 0.1) is 5.92 Å². The molecule has 0 bridgehead atoms. The molecule has 2 aromatic carbocycles. The second-order valence-corrected chi connectivity index (χ2v) is 6.70. The second kappa shape index (κ2) is 8.55. The molecular weight excluding hydrogens is 374 g/mol. The highest BCUT2D eigenvalue weighted by Gasteiger charge is 2.35. The first-order chi connectivity index (χ1) is 13.9. The predicted molar refractivity (Wildman–Crippen MR) is 108 cm³/mol. The van der Waals surface area contributed by atoms with Crippen molar-refractivity contribution in [1.82, 2.24) is 0 Å². The van der Waals surface area contributed by atoms with E-state index in [1.807, 2.05) is 0 Å². The third-order valence-electron chi connectivity index (χ3n) is 4.53. The number of rotatable bonds is 5. The fourth-order valence-corrected chi connectivity index (χ4v) is 3.17. The minimum Gasteiger partial charge on any atom is -0.465 e. The van der Waals surface area contributed by atoms with E-state index in [4.69, 9.17) is 0 Å². The maximum Gasteiger partial charge on any atom is 0.337 e. The summed E-state index contributed by atoms with van der Waals surface area (Å²) in [5.41, 5.74) is 1.97. The largest absolute Gasteiger partial charge is 0.465 e. The highest BCUT2D eigenvalue weighted by molar-refractivity contribution is 6.04. The third kappa shape index (κ3) is 4.78. The molecule has 0 radical (unpaired) electrons. The van der Waals surface area contributed by atoms with E-state index in [0.29, 0.717) is 22.6 Å². The maximum absolute atomic E-state index is 12.6. The van der Waals surface area contributed by atoms with Crippen LogP contribution in [0.1, 0.15) is 23.7 Å². The maximum atomic E-state index is 12.6. The number of hydrogen-bond acceptors (Lipinski definition) is 5. The van der Waals surface area contributed by atoms with E-state index >= 15 is 0 Å². The Morgan fingerprint density at radius 3 is 2.41 bits per heavy atom. The van der Waals surface area contributed by atoms with Crippen LogP contribution in [0.5, 0.6) is 0 Å². The minimum atomic E-state index is -0.534. The molecule has 150 valence electrons. The standard InChI is InChI=1S/C21H21N3O5/c1-13(25)22-17-7-4-8-18(11-17)24-12-15(10-19(24)26)20(27)23-16-6-3-5-14(9-16)21(28)29-2/h3-9,11,15H,10,12H2,1-2H3,(H,22,25)(H,23,27). The highest BCUT2D eigenvalue weighted by Crippen LogP contribution is 2.28. The summed E-state index contributed by atoms with van der Waals surface area (Å²) >= 11 is 0. The molecule has 2 N–H and O–H groups in total. The van der Waals surface area contributed by atoms with Crippen molar-refractivity contribution in [2.75, 3.05) is 29.2 Å². The summed E-state index contributed by atoms with van der Waals surface area (Å²) in [5.74, 6) is -1.72. The van der Waals surface area contributed by atoms with Gasteiger partial charge in [-0.05, 0) is 36.4 Å². The Labute approximate surface area is 167 Å². The van der Waals surface area contributed by atoms with Crippen LogP contribution in [0.4, 0.5) is 17.1 Å². The van der Waals surface area contributed by atoms with Gasteiger partial charge in [-0.2, -0.15) is 0 Å². The molecule has 0 saturated carbocycles. The van der Waals surface area contributed by atoms with Gasteiger partial charge in [-0.3, -0.25) is 14.4 Å². The van der Waals surface area contributed by atoms with Crippen molar-refractivity contribution >= 4 is 40.8 Å². The number of hydrogen-bond donors (Lipinski definition) is 2. The first-order valence-corrected chi connectivity index (χ1v) is 9.04. The van der Waals surface area contributed by atoms with E-state index in [1.165, 1.54) is 25.0 Å². The zero-order valence-electron chi connectivity index (χ0n) is 16.1. The quantitative estimate of drug-likeness (QED) is 0.757. The normalized spacial score (nSPS) is 15.7. The van der Waals surface area contributed by atoms with Crippen LogP contribution in [0.2, 0.25) is 0 Å². The van der Waals surface area contributed by atoms with Crippen LogP contribution in [0.25, 0.3) is 0 Å². The Bertz CT molecular complexity index is 972. The number of carbonyl (C=O) groups excluding carboxylic acids is 4. The van der Waals surface area contributed by atoms with Gasteiger partial charge in [-0.15, -0.1) is 0 Å². The minimum absolute atomic E-state index is 0.0763. The molecule has 1 aliphatic heterocycles. The number of anilines is 3. The lowest BCUT2D eigenvalue weighted by atomic mass is 10.1. The molecule has 1 heterocycles. The first-order valence-electron chi connectivity index (χ1n) is 9.04. The summed E-state index contributed by atoms with van der Waals surface area (Å²) < 4.78 is 4.68. The molecule has 0 aromatic heterocycles. The first kappa shape index (κ1) is 20.1. The zero-order valence-corrected chi connectivity index (χ0v) is 16.1. The van der Waals surface area contributed by atoms with E-state index in [1.54, 1.807) is 42.5 Å². The van der Waals surface area contributed by atoms with Crippen molar-refractivity contribution in [1.29, 1.82) is 0 Å². The van der Waals surface area contributed by atoms with Crippen LogP contribution in [0.3, 0.4) is 0 Å². The Morgan fingerprint density at radius 2 is 1.72 bits per heavy atom. The van der Waals surface area contributed by atoms with Crippen LogP contribution >= 0.6 is 0 Å². The third-order valence-corrected chi connectivity index (χ3v) is 4.53. The van der Waals surface area contributed by atoms with Gasteiger partial charge in [0.1, 0.15) is 0 Å². The van der Waals surface area contributed by atoms with Crippen molar-refractivity contribution in [2.24, 2.45) is 5.92 Å². The van der Waals surface area contributed by atoms with Crippen LogP contribution in [-0.4, -0.2) is 37.3 Å². The smallest absolute Gasteiger partial charge is 0.337 e. The van der Waals surface area contributed by atoms with E-state index in [2.05, 4.69) is 15.4 Å². The molecule has 8 nitrogen and oxygen atoms in total. The van der Waals surface area contributed by atoms with E-state index in [0.717, 1.165) is 0 Å². The monoisotopic (exact) mass is 395 g/mol. The zero-order chi connectivity index (χ0) is 21.0. The molecule has 8 heteroatoms. The van der Waals surface area contributed by atoms with Crippen LogP contribution in [-0.2, 0) is 19.1 Å². The van der Waals surface area contributed by atoms with E-state index in [-0.39, 0.29) is 30.7 Å². The SMILES string of the molecule is COC(=O)c1cccc(NC(=O)C2CC(=O)N(c3cccc(NC(C)=O)c3)C2)c1. The number of esters is 1. The molecule has 1 atom stereocenters. The number of nitrogens with zero attached hydrogens (tertiary/aromatic N) is 1. The van der Waals surface area contributed by atoms with Crippen LogP contribution < -0.4 is 15.5 Å². The molecule has 2 aromatic rings. The summed E-state index contributed by atoms with van der Waals surface area (Å²) in [6, 6.07) is 13.3. The fourth-order valence-electron chi connectivity index (χ4n) is 3.17. The topological polar surface area (TPSA) is 105 Å². The number of methoxy groups -OCH3 is 1. The molecule has 1 unspecified atom stereocenters. The lowest BCUT2D eigenvalue weighted by Crippen LogP contribution is -2.28. The van der Waals surface area contributed by atoms with Crippen LogP contribution in [0.15, 0.2) is 48.5 Å². The molecular formula is C21H21N3O5. The van der Waals surface area contributed by atoms with E-state index in [9.17, 15) is 19.2 Å². The van der Waals surface area contributed by atoms with Gasteiger partial charge in [0.2, 0.25) is 17.7 Å². The van der Waals surface area contributed by atoms with Gasteiger partial charge in [0, 0.05) is 37.0 Å². The van der Waals surface area contributed by atoms with Gasteiger partial charge < -0.3 is 20.3 Å². The summed E-state index contributed by atoms with van der Waals surface area (Å²) in [5, 5.41) is 5.43. The summed E-state index contributed by atoms with van der Waals surface area (Å²) in [6.45, 7) is 1.63. The molecule has 0 aliphatic carbocycles. The molecule has 1 aliphatic rings. The number of ether oxygens (including phenoxy) is 1. The Balaban J connectivity index is 1.69. The number of nitrogens with one attached hydrogen (secondary N) is 2.